The molecule has 6 nitrogen and oxygen atoms in total. The summed E-state index contributed by atoms with van der Waals surface area (Å²) in [6.45, 7) is 6.22. The zero-order chi connectivity index (χ0) is 17.5. The number of anilines is 1. The van der Waals surface area contributed by atoms with Crippen molar-refractivity contribution in [3.05, 3.63) is 29.8 Å². The summed E-state index contributed by atoms with van der Waals surface area (Å²) in [4.78, 5) is 18.7. The molecule has 1 aromatic rings. The summed E-state index contributed by atoms with van der Waals surface area (Å²) in [5, 5.41) is 9.67. The van der Waals surface area contributed by atoms with E-state index in [1.165, 1.54) is 12.8 Å². The summed E-state index contributed by atoms with van der Waals surface area (Å²) < 4.78 is 0. The average Bonchev–Trinajstić information content (AvgIpc) is 3.28. The molecule has 1 aliphatic carbocycles. The van der Waals surface area contributed by atoms with Crippen molar-refractivity contribution in [2.45, 2.75) is 39.2 Å². The lowest BCUT2D eigenvalue weighted by molar-refractivity contribution is 0.222. The molecule has 25 heavy (non-hydrogen) atoms. The second-order valence-corrected chi connectivity index (χ2v) is 6.84. The number of nitrogens with zero attached hydrogens (tertiary/aromatic N) is 2. The van der Waals surface area contributed by atoms with Gasteiger partial charge in [-0.05, 0) is 56.2 Å². The lowest BCUT2D eigenvalue weighted by Crippen LogP contribution is -2.38. The first-order chi connectivity index (χ1) is 12.2. The molecule has 6 heteroatoms. The normalized spacial score (nSPS) is 17.5. The van der Waals surface area contributed by atoms with Crippen LogP contribution in [0.4, 0.5) is 10.5 Å². The largest absolute Gasteiger partial charge is 0.357 e. The second-order valence-electron chi connectivity index (χ2n) is 6.84. The smallest absolute Gasteiger partial charge is 0.321 e. The average molecular weight is 343 g/mol. The summed E-state index contributed by atoms with van der Waals surface area (Å²) in [6, 6.07) is 7.94. The number of benzene rings is 1. The van der Waals surface area contributed by atoms with E-state index in [0.29, 0.717) is 6.54 Å². The molecule has 1 saturated carbocycles. The fraction of sp³-hybridized carbons (Fsp3) is 0.579. The quantitative estimate of drug-likeness (QED) is 0.549. The first kappa shape index (κ1) is 17.6. The van der Waals surface area contributed by atoms with Crippen LogP contribution in [0.15, 0.2) is 29.3 Å². The Morgan fingerprint density at radius 3 is 2.76 bits per heavy atom. The van der Waals surface area contributed by atoms with Crippen LogP contribution in [-0.4, -0.2) is 43.1 Å². The van der Waals surface area contributed by atoms with Gasteiger partial charge >= 0.3 is 6.03 Å². The minimum atomic E-state index is -0.00223. The van der Waals surface area contributed by atoms with Gasteiger partial charge in [-0.15, -0.1) is 0 Å². The van der Waals surface area contributed by atoms with E-state index < -0.39 is 0 Å². The number of hydrogen-bond donors (Lipinski definition) is 3. The Kier molecular flexibility index (Phi) is 6.14. The van der Waals surface area contributed by atoms with Gasteiger partial charge in [0.25, 0.3) is 0 Å². The number of nitrogens with one attached hydrogen (secondary N) is 3. The minimum absolute atomic E-state index is 0.00223. The van der Waals surface area contributed by atoms with Gasteiger partial charge in [0.2, 0.25) is 0 Å². The molecule has 0 bridgehead atoms. The third kappa shape index (κ3) is 5.66. The van der Waals surface area contributed by atoms with Crippen LogP contribution in [0.25, 0.3) is 0 Å². The van der Waals surface area contributed by atoms with E-state index in [-0.39, 0.29) is 6.03 Å². The number of guanidine groups is 1. The Bertz CT molecular complexity index is 606. The van der Waals surface area contributed by atoms with Gasteiger partial charge in [-0.2, -0.15) is 0 Å². The van der Waals surface area contributed by atoms with Crippen LogP contribution in [0, 0.1) is 5.92 Å². The van der Waals surface area contributed by atoms with Gasteiger partial charge < -0.3 is 20.9 Å². The maximum atomic E-state index is 12.2. The topological polar surface area (TPSA) is 68.8 Å². The second kappa shape index (κ2) is 8.74. The van der Waals surface area contributed by atoms with E-state index in [4.69, 9.17) is 0 Å². The van der Waals surface area contributed by atoms with Crippen molar-refractivity contribution in [3.8, 4) is 0 Å². The molecule has 1 heterocycles. The number of aliphatic imine (C=N–C) groups is 1. The number of urea groups is 1. The third-order valence-electron chi connectivity index (χ3n) is 4.59. The Morgan fingerprint density at radius 1 is 1.24 bits per heavy atom. The van der Waals surface area contributed by atoms with Crippen LogP contribution in [0.1, 0.15) is 38.2 Å². The third-order valence-corrected chi connectivity index (χ3v) is 4.59. The van der Waals surface area contributed by atoms with Crippen LogP contribution in [0.2, 0.25) is 0 Å². The van der Waals surface area contributed by atoms with Gasteiger partial charge in [-0.1, -0.05) is 12.1 Å². The van der Waals surface area contributed by atoms with E-state index >= 15 is 0 Å². The highest BCUT2D eigenvalue weighted by molar-refractivity contribution is 5.89. The highest BCUT2D eigenvalue weighted by Gasteiger charge is 2.21. The van der Waals surface area contributed by atoms with Crippen LogP contribution >= 0.6 is 0 Å². The molecule has 0 atom stereocenters. The fourth-order valence-electron chi connectivity index (χ4n) is 2.95. The van der Waals surface area contributed by atoms with Gasteiger partial charge in [-0.25, -0.2) is 9.79 Å². The van der Waals surface area contributed by atoms with Gasteiger partial charge in [0, 0.05) is 31.9 Å². The molecule has 0 aromatic heterocycles. The maximum absolute atomic E-state index is 12.2. The minimum Gasteiger partial charge on any atom is -0.357 e. The van der Waals surface area contributed by atoms with Crippen molar-refractivity contribution in [2.75, 3.05) is 31.5 Å². The molecule has 1 aliphatic heterocycles. The molecule has 1 aromatic carbocycles. The fourth-order valence-corrected chi connectivity index (χ4v) is 2.95. The van der Waals surface area contributed by atoms with Gasteiger partial charge in [-0.3, -0.25) is 0 Å². The summed E-state index contributed by atoms with van der Waals surface area (Å²) >= 11 is 0. The Labute approximate surface area is 150 Å². The van der Waals surface area contributed by atoms with Gasteiger partial charge in [0.1, 0.15) is 0 Å². The van der Waals surface area contributed by atoms with Crippen molar-refractivity contribution < 1.29 is 4.79 Å². The molecule has 2 fully saturated rings. The maximum Gasteiger partial charge on any atom is 0.321 e. The summed E-state index contributed by atoms with van der Waals surface area (Å²) in [5.41, 5.74) is 1.92. The molecular formula is C19H29N5O. The molecule has 2 aliphatic rings. The van der Waals surface area contributed by atoms with Crippen molar-refractivity contribution in [1.82, 2.24) is 15.5 Å². The summed E-state index contributed by atoms with van der Waals surface area (Å²) in [6.07, 6.45) is 4.85. The Hall–Kier alpha value is -2.24. The molecular weight excluding hydrogens is 314 g/mol. The summed E-state index contributed by atoms with van der Waals surface area (Å²) in [5.74, 6) is 1.67. The van der Waals surface area contributed by atoms with E-state index in [1.807, 2.05) is 29.2 Å². The van der Waals surface area contributed by atoms with Gasteiger partial charge in [0.15, 0.2) is 5.96 Å². The van der Waals surface area contributed by atoms with Crippen LogP contribution in [-0.2, 0) is 6.54 Å². The zero-order valence-corrected chi connectivity index (χ0v) is 15.1. The lowest BCUT2D eigenvalue weighted by atomic mass is 10.2. The molecule has 1 saturated heterocycles. The van der Waals surface area contributed by atoms with E-state index in [2.05, 4.69) is 27.9 Å². The van der Waals surface area contributed by atoms with Crippen LogP contribution in [0.3, 0.4) is 0 Å². The highest BCUT2D eigenvalue weighted by Crippen LogP contribution is 2.27. The first-order valence-corrected chi connectivity index (χ1v) is 9.41. The molecule has 3 N–H and O–H groups in total. The lowest BCUT2D eigenvalue weighted by Gasteiger charge is -2.16. The SMILES string of the molecule is CCNC(=NCc1cccc(NC(=O)N2CCCC2)c1)NCC1CC1. The Morgan fingerprint density at radius 2 is 2.04 bits per heavy atom. The predicted molar refractivity (Wildman–Crippen MR) is 102 cm³/mol. The standard InChI is InChI=1S/C19H29N5O/c1-2-20-18(21-13-15-8-9-15)22-14-16-6-5-7-17(12-16)23-19(25)24-10-3-4-11-24/h5-7,12,15H,2-4,8-11,13-14H2,1H3,(H,23,25)(H2,20,21,22). The molecule has 136 valence electrons. The molecule has 0 radical (unpaired) electrons. The van der Waals surface area contributed by atoms with Gasteiger partial charge in [0.05, 0.1) is 6.54 Å². The number of amides is 2. The first-order valence-electron chi connectivity index (χ1n) is 9.41. The Balaban J connectivity index is 1.55. The predicted octanol–water partition coefficient (Wildman–Crippen LogP) is 2.78. The molecule has 2 amide bonds. The number of likely N-dealkylation sites (tertiary alicyclic amines) is 1. The van der Waals surface area contributed by atoms with Crippen molar-refractivity contribution in [2.24, 2.45) is 10.9 Å². The molecule has 0 unspecified atom stereocenters. The zero-order valence-electron chi connectivity index (χ0n) is 15.1. The number of carbonyl (C=O) groups is 1. The van der Waals surface area contributed by atoms with Crippen molar-refractivity contribution in [3.63, 3.8) is 0 Å². The van der Waals surface area contributed by atoms with E-state index in [1.54, 1.807) is 0 Å². The number of hydrogen-bond acceptors (Lipinski definition) is 2. The monoisotopic (exact) mass is 343 g/mol. The van der Waals surface area contributed by atoms with Crippen LogP contribution < -0.4 is 16.0 Å². The van der Waals surface area contributed by atoms with Crippen molar-refractivity contribution in [1.29, 1.82) is 0 Å². The number of rotatable bonds is 6. The number of carbonyl (C=O) groups excluding carboxylic acids is 1. The highest BCUT2D eigenvalue weighted by atomic mass is 16.2. The van der Waals surface area contributed by atoms with E-state index in [9.17, 15) is 4.79 Å². The molecule has 3 rings (SSSR count). The van der Waals surface area contributed by atoms with E-state index in [0.717, 1.165) is 62.1 Å². The summed E-state index contributed by atoms with van der Waals surface area (Å²) in [7, 11) is 0. The van der Waals surface area contributed by atoms with Crippen molar-refractivity contribution >= 4 is 17.7 Å². The molecule has 0 spiro atoms. The van der Waals surface area contributed by atoms with Crippen LogP contribution in [0.5, 0.6) is 0 Å².